The lowest BCUT2D eigenvalue weighted by Gasteiger charge is -2.17. The maximum Gasteiger partial charge on any atom is 0.433 e. The smallest absolute Gasteiger partial charge is 0.384 e. The van der Waals surface area contributed by atoms with E-state index in [1.54, 1.807) is 0 Å². The highest BCUT2D eigenvalue weighted by molar-refractivity contribution is 5.94. The van der Waals surface area contributed by atoms with Gasteiger partial charge in [0.1, 0.15) is 11.4 Å². The Hall–Kier alpha value is -4.02. The van der Waals surface area contributed by atoms with E-state index in [0.29, 0.717) is 56.6 Å². The summed E-state index contributed by atoms with van der Waals surface area (Å²) in [4.78, 5) is 6.46. The summed E-state index contributed by atoms with van der Waals surface area (Å²) in [6.45, 7) is 1.04. The number of unbranched alkanes of at least 4 members (excludes halogenated alkanes) is 1. The number of nitrogens with zero attached hydrogens (tertiary/aromatic N) is 2. The molecule has 0 aliphatic heterocycles. The molecule has 17 heteroatoms. The van der Waals surface area contributed by atoms with Crippen molar-refractivity contribution in [3.05, 3.63) is 71.0 Å². The highest BCUT2D eigenvalue weighted by atomic mass is 19.4. The fourth-order valence-corrected chi connectivity index (χ4v) is 4.70. The van der Waals surface area contributed by atoms with E-state index in [1.807, 2.05) is 0 Å². The summed E-state index contributed by atoms with van der Waals surface area (Å²) in [7, 11) is 0. The fraction of sp³-hybridized carbons (Fsp3) is 0.379. The maximum atomic E-state index is 13.4. The second-order valence-electron chi connectivity index (χ2n) is 10.2. The molecule has 0 fully saturated rings. The number of pyridine rings is 2. The summed E-state index contributed by atoms with van der Waals surface area (Å²) in [5, 5.41) is 8.31. The molecule has 0 spiro atoms. The summed E-state index contributed by atoms with van der Waals surface area (Å²) in [6, 6.07) is 7.25. The molecule has 0 radical (unpaired) electrons. The Labute approximate surface area is 253 Å². The standard InChI is InChI=1S/C29H25F12N5/c30-26(31,32)18-8-3-6-16-20(14-22(28(36,37)38)45-24(16)18)43-12-2-1-10-42-11-5-13-44-21-15-23(29(39,40)41)46-25-17(21)7-4-9-19(25)27(33,34)35/h3-4,6-9,14-15,42H,1-2,5,10-13H2,(H,43,45)(H,44,46). The number of benzene rings is 2. The number of halogens is 12. The molecule has 0 amide bonds. The van der Waals surface area contributed by atoms with Crippen molar-refractivity contribution < 1.29 is 52.7 Å². The average Bonchev–Trinajstić information content (AvgIpc) is 2.95. The molecule has 0 atom stereocenters. The highest BCUT2D eigenvalue weighted by Crippen LogP contribution is 2.40. The minimum Gasteiger partial charge on any atom is -0.384 e. The largest absolute Gasteiger partial charge is 0.433 e. The van der Waals surface area contributed by atoms with Gasteiger partial charge in [0.15, 0.2) is 0 Å². The Balaban J connectivity index is 1.29. The van der Waals surface area contributed by atoms with E-state index in [0.717, 1.165) is 12.1 Å². The predicted octanol–water partition coefficient (Wildman–Crippen LogP) is 9.14. The van der Waals surface area contributed by atoms with Crippen LogP contribution in [0.4, 0.5) is 64.1 Å². The number of fused-ring (bicyclic) bond motifs is 2. The Morgan fingerprint density at radius 2 is 0.870 bits per heavy atom. The van der Waals surface area contributed by atoms with Gasteiger partial charge >= 0.3 is 24.7 Å². The summed E-state index contributed by atoms with van der Waals surface area (Å²) < 4.78 is 161. The topological polar surface area (TPSA) is 61.9 Å². The SMILES string of the molecule is FC(F)(F)c1cc(NCCCCNCCCNc2cc(C(F)(F)F)nc3c(C(F)(F)F)cccc23)c2cccc(C(F)(F)F)c2n1. The zero-order chi connectivity index (χ0) is 33.9. The van der Waals surface area contributed by atoms with E-state index >= 15 is 0 Å². The number of anilines is 2. The van der Waals surface area contributed by atoms with Gasteiger partial charge < -0.3 is 16.0 Å². The molecule has 0 aliphatic rings. The molecule has 4 rings (SSSR count). The molecule has 4 aromatic rings. The van der Waals surface area contributed by atoms with Crippen LogP contribution in [0.2, 0.25) is 0 Å². The van der Waals surface area contributed by atoms with Gasteiger partial charge in [0, 0.05) is 35.2 Å². The summed E-state index contributed by atoms with van der Waals surface area (Å²) in [5.74, 6) is 0. The van der Waals surface area contributed by atoms with Crippen molar-refractivity contribution >= 4 is 33.2 Å². The van der Waals surface area contributed by atoms with E-state index in [9.17, 15) is 52.7 Å². The average molecular weight is 672 g/mol. The maximum absolute atomic E-state index is 13.4. The molecule has 0 bridgehead atoms. The quantitative estimate of drug-likeness (QED) is 0.110. The first-order valence-corrected chi connectivity index (χ1v) is 13.7. The lowest BCUT2D eigenvalue weighted by atomic mass is 10.1. The molecule has 0 aliphatic carbocycles. The van der Waals surface area contributed by atoms with Crippen LogP contribution in [0.1, 0.15) is 41.8 Å². The van der Waals surface area contributed by atoms with Crippen LogP contribution in [0.15, 0.2) is 48.5 Å². The number of rotatable bonds is 11. The second kappa shape index (κ2) is 13.4. The van der Waals surface area contributed by atoms with E-state index in [-0.39, 0.29) is 35.2 Å². The zero-order valence-corrected chi connectivity index (χ0v) is 23.5. The molecule has 0 saturated carbocycles. The third-order valence-electron chi connectivity index (χ3n) is 6.81. The molecular formula is C29H25F12N5. The molecule has 2 aromatic carbocycles. The summed E-state index contributed by atoms with van der Waals surface area (Å²) in [5.41, 5.74) is -7.48. The molecule has 0 unspecified atom stereocenters. The zero-order valence-electron chi connectivity index (χ0n) is 23.5. The van der Waals surface area contributed by atoms with Gasteiger partial charge in [0.2, 0.25) is 0 Å². The van der Waals surface area contributed by atoms with Crippen LogP contribution in [0.25, 0.3) is 21.8 Å². The number of nitrogens with one attached hydrogen (secondary N) is 3. The van der Waals surface area contributed by atoms with Gasteiger partial charge in [-0.05, 0) is 56.6 Å². The van der Waals surface area contributed by atoms with Gasteiger partial charge in [-0.25, -0.2) is 9.97 Å². The number of hydrogen-bond donors (Lipinski definition) is 3. The van der Waals surface area contributed by atoms with Crippen LogP contribution in [0.3, 0.4) is 0 Å². The number of para-hydroxylation sites is 2. The summed E-state index contributed by atoms with van der Waals surface area (Å²) in [6.07, 6.45) is -18.5. The third kappa shape index (κ3) is 8.41. The van der Waals surface area contributed by atoms with E-state index in [1.165, 1.54) is 12.1 Å². The van der Waals surface area contributed by atoms with Gasteiger partial charge in [-0.2, -0.15) is 52.7 Å². The van der Waals surface area contributed by atoms with Gasteiger partial charge in [0.25, 0.3) is 0 Å². The minimum absolute atomic E-state index is 0.109. The lowest BCUT2D eigenvalue weighted by Crippen LogP contribution is -2.20. The van der Waals surface area contributed by atoms with Crippen molar-refractivity contribution in [1.29, 1.82) is 0 Å². The Morgan fingerprint density at radius 3 is 1.28 bits per heavy atom. The van der Waals surface area contributed by atoms with Crippen molar-refractivity contribution in [2.45, 2.75) is 44.0 Å². The van der Waals surface area contributed by atoms with Crippen LogP contribution < -0.4 is 16.0 Å². The van der Waals surface area contributed by atoms with Crippen molar-refractivity contribution in [3.8, 4) is 0 Å². The monoisotopic (exact) mass is 671 g/mol. The third-order valence-corrected chi connectivity index (χ3v) is 6.81. The minimum atomic E-state index is -4.98. The van der Waals surface area contributed by atoms with E-state index in [4.69, 9.17) is 0 Å². The molecule has 5 nitrogen and oxygen atoms in total. The lowest BCUT2D eigenvalue weighted by molar-refractivity contribution is -0.142. The van der Waals surface area contributed by atoms with Crippen LogP contribution in [0, 0.1) is 0 Å². The van der Waals surface area contributed by atoms with Gasteiger partial charge in [-0.3, -0.25) is 0 Å². The second-order valence-corrected chi connectivity index (χ2v) is 10.2. The Kier molecular flexibility index (Phi) is 10.1. The van der Waals surface area contributed by atoms with Crippen molar-refractivity contribution in [2.75, 3.05) is 36.8 Å². The predicted molar refractivity (Wildman–Crippen MR) is 147 cm³/mol. The van der Waals surface area contributed by atoms with Gasteiger partial charge in [-0.15, -0.1) is 0 Å². The first-order valence-electron chi connectivity index (χ1n) is 13.7. The van der Waals surface area contributed by atoms with Crippen LogP contribution in [-0.4, -0.2) is 36.1 Å². The van der Waals surface area contributed by atoms with Crippen molar-refractivity contribution in [1.82, 2.24) is 15.3 Å². The first-order chi connectivity index (χ1) is 21.4. The van der Waals surface area contributed by atoms with E-state index < -0.39 is 58.3 Å². The highest BCUT2D eigenvalue weighted by Gasteiger charge is 2.38. The molecule has 0 saturated heterocycles. The Morgan fingerprint density at radius 1 is 0.478 bits per heavy atom. The van der Waals surface area contributed by atoms with E-state index in [2.05, 4.69) is 25.9 Å². The summed E-state index contributed by atoms with van der Waals surface area (Å²) >= 11 is 0. The van der Waals surface area contributed by atoms with Crippen LogP contribution in [-0.2, 0) is 24.7 Å². The molecular weight excluding hydrogens is 646 g/mol. The van der Waals surface area contributed by atoms with Crippen molar-refractivity contribution in [2.24, 2.45) is 0 Å². The molecule has 2 heterocycles. The number of aromatic nitrogens is 2. The number of alkyl halides is 12. The van der Waals surface area contributed by atoms with Crippen molar-refractivity contribution in [3.63, 3.8) is 0 Å². The van der Waals surface area contributed by atoms with Crippen LogP contribution in [0.5, 0.6) is 0 Å². The first kappa shape index (κ1) is 34.8. The molecule has 250 valence electrons. The fourth-order valence-electron chi connectivity index (χ4n) is 4.70. The molecule has 3 N–H and O–H groups in total. The number of hydrogen-bond acceptors (Lipinski definition) is 5. The normalized spacial score (nSPS) is 13.0. The van der Waals surface area contributed by atoms with Gasteiger partial charge in [-0.1, -0.05) is 24.3 Å². The Bertz CT molecular complexity index is 1540. The van der Waals surface area contributed by atoms with Gasteiger partial charge in [0.05, 0.1) is 22.2 Å². The molecule has 46 heavy (non-hydrogen) atoms. The van der Waals surface area contributed by atoms with Crippen LogP contribution >= 0.6 is 0 Å². The molecule has 2 aromatic heterocycles.